The van der Waals surface area contributed by atoms with Gasteiger partial charge in [-0.1, -0.05) is 11.6 Å². The number of nitrogens with one attached hydrogen (secondary N) is 2. The molecule has 7 heteroatoms. The summed E-state index contributed by atoms with van der Waals surface area (Å²) in [4.78, 5) is 25.6. The fraction of sp³-hybridized carbons (Fsp3) is 0.529. The first-order valence-corrected chi connectivity index (χ1v) is 8.37. The minimum absolute atomic E-state index is 0. The Morgan fingerprint density at radius 1 is 1.29 bits per heavy atom. The van der Waals surface area contributed by atoms with Crippen molar-refractivity contribution in [2.45, 2.75) is 25.7 Å². The monoisotopic (exact) mass is 373 g/mol. The van der Waals surface area contributed by atoms with Crippen molar-refractivity contribution < 1.29 is 9.59 Å². The van der Waals surface area contributed by atoms with Crippen molar-refractivity contribution >= 4 is 41.5 Å². The number of nitrogens with zero attached hydrogens (tertiary/aromatic N) is 1. The fourth-order valence-corrected chi connectivity index (χ4v) is 2.94. The summed E-state index contributed by atoms with van der Waals surface area (Å²) in [5.74, 6) is 0.424. The molecule has 24 heavy (non-hydrogen) atoms. The third-order valence-corrected chi connectivity index (χ3v) is 4.45. The first-order valence-electron chi connectivity index (χ1n) is 7.99. The number of benzene rings is 1. The molecule has 5 nitrogen and oxygen atoms in total. The van der Waals surface area contributed by atoms with Gasteiger partial charge in [0, 0.05) is 26.2 Å². The van der Waals surface area contributed by atoms with Crippen LogP contribution < -0.4 is 10.6 Å². The van der Waals surface area contributed by atoms with Gasteiger partial charge >= 0.3 is 0 Å². The fourth-order valence-electron chi connectivity index (χ4n) is 2.74. The predicted molar refractivity (Wildman–Crippen MR) is 100 cm³/mol. The molecule has 0 atom stereocenters. The van der Waals surface area contributed by atoms with Gasteiger partial charge in [-0.3, -0.25) is 9.59 Å². The molecule has 2 N–H and O–H groups in total. The lowest BCUT2D eigenvalue weighted by Gasteiger charge is -2.22. The summed E-state index contributed by atoms with van der Waals surface area (Å²) < 4.78 is 0. The topological polar surface area (TPSA) is 61.4 Å². The summed E-state index contributed by atoms with van der Waals surface area (Å²) in [6.07, 6.45) is 3.68. The van der Waals surface area contributed by atoms with Crippen molar-refractivity contribution in [3.8, 4) is 0 Å². The SMILES string of the molecule is CN(C)C(=O)c1cc(NC(=O)CCC2CCNCC2)ccc1Cl.Cl. The van der Waals surface area contributed by atoms with E-state index in [9.17, 15) is 9.59 Å². The quantitative estimate of drug-likeness (QED) is 0.832. The third-order valence-electron chi connectivity index (χ3n) is 4.13. The molecule has 1 saturated heterocycles. The molecule has 0 radical (unpaired) electrons. The molecule has 134 valence electrons. The van der Waals surface area contributed by atoms with Crippen LogP contribution in [0, 0.1) is 5.92 Å². The molecule has 1 aromatic rings. The van der Waals surface area contributed by atoms with Gasteiger partial charge in [-0.15, -0.1) is 12.4 Å². The van der Waals surface area contributed by atoms with Crippen LogP contribution in [0.3, 0.4) is 0 Å². The van der Waals surface area contributed by atoms with Gasteiger partial charge in [-0.05, 0) is 56.5 Å². The lowest BCUT2D eigenvalue weighted by atomic mass is 9.93. The molecule has 1 heterocycles. The van der Waals surface area contributed by atoms with Crippen molar-refractivity contribution in [1.82, 2.24) is 10.2 Å². The molecule has 0 aliphatic carbocycles. The summed E-state index contributed by atoms with van der Waals surface area (Å²) in [5.41, 5.74) is 1.00. The molecule has 1 aliphatic heterocycles. The van der Waals surface area contributed by atoms with Gasteiger partial charge in [0.15, 0.2) is 0 Å². The average Bonchev–Trinajstić information content (AvgIpc) is 2.55. The Morgan fingerprint density at radius 2 is 1.96 bits per heavy atom. The van der Waals surface area contributed by atoms with Gasteiger partial charge < -0.3 is 15.5 Å². The van der Waals surface area contributed by atoms with E-state index in [0.29, 0.717) is 28.6 Å². The molecule has 2 amide bonds. The molecule has 0 unspecified atom stereocenters. The van der Waals surface area contributed by atoms with E-state index in [1.807, 2.05) is 0 Å². The van der Waals surface area contributed by atoms with E-state index in [2.05, 4.69) is 10.6 Å². The minimum atomic E-state index is -0.180. The maximum absolute atomic E-state index is 12.1. The Balaban J connectivity index is 0.00000288. The smallest absolute Gasteiger partial charge is 0.254 e. The Bertz CT molecular complexity index is 573. The lowest BCUT2D eigenvalue weighted by molar-refractivity contribution is -0.116. The molecule has 0 bridgehead atoms. The van der Waals surface area contributed by atoms with Crippen molar-refractivity contribution in [3.05, 3.63) is 28.8 Å². The number of halogens is 2. The van der Waals surface area contributed by atoms with Crippen LogP contribution in [0.2, 0.25) is 5.02 Å². The first kappa shape index (κ1) is 20.7. The zero-order valence-corrected chi connectivity index (χ0v) is 15.7. The molecular weight excluding hydrogens is 349 g/mol. The first-order chi connectivity index (χ1) is 11.0. The highest BCUT2D eigenvalue weighted by molar-refractivity contribution is 6.34. The third kappa shape index (κ3) is 5.96. The molecule has 2 rings (SSSR count). The Labute approximate surface area is 154 Å². The van der Waals surface area contributed by atoms with Crippen LogP contribution in [0.15, 0.2) is 18.2 Å². The summed E-state index contributed by atoms with van der Waals surface area (Å²) >= 11 is 6.07. The molecule has 0 saturated carbocycles. The van der Waals surface area contributed by atoms with Crippen LogP contribution in [0.5, 0.6) is 0 Å². The van der Waals surface area contributed by atoms with E-state index in [-0.39, 0.29) is 24.2 Å². The molecule has 1 aliphatic rings. The van der Waals surface area contributed by atoms with Gasteiger partial charge in [-0.25, -0.2) is 0 Å². The zero-order valence-electron chi connectivity index (χ0n) is 14.1. The van der Waals surface area contributed by atoms with Crippen LogP contribution in [0.25, 0.3) is 0 Å². The van der Waals surface area contributed by atoms with E-state index in [0.717, 1.165) is 32.4 Å². The van der Waals surface area contributed by atoms with Crippen LogP contribution in [0.1, 0.15) is 36.0 Å². The van der Waals surface area contributed by atoms with E-state index in [1.165, 1.54) is 4.90 Å². The number of rotatable bonds is 5. The van der Waals surface area contributed by atoms with E-state index >= 15 is 0 Å². The second kappa shape index (κ2) is 9.87. The second-order valence-corrected chi connectivity index (χ2v) is 6.58. The molecular formula is C17H25Cl2N3O2. The van der Waals surface area contributed by atoms with Crippen LogP contribution in [-0.4, -0.2) is 43.9 Å². The largest absolute Gasteiger partial charge is 0.345 e. The van der Waals surface area contributed by atoms with Crippen molar-refractivity contribution in [3.63, 3.8) is 0 Å². The number of amides is 2. The van der Waals surface area contributed by atoms with Crippen molar-refractivity contribution in [1.29, 1.82) is 0 Å². The number of anilines is 1. The Kier molecular flexibility index (Phi) is 8.53. The normalized spacial score (nSPS) is 14.6. The zero-order chi connectivity index (χ0) is 16.8. The Morgan fingerprint density at radius 3 is 2.58 bits per heavy atom. The van der Waals surface area contributed by atoms with Gasteiger partial charge in [0.2, 0.25) is 5.91 Å². The van der Waals surface area contributed by atoms with Crippen LogP contribution in [0.4, 0.5) is 5.69 Å². The highest BCUT2D eigenvalue weighted by atomic mass is 35.5. The van der Waals surface area contributed by atoms with Gasteiger partial charge in [-0.2, -0.15) is 0 Å². The Hall–Kier alpha value is -1.30. The van der Waals surface area contributed by atoms with E-state index in [1.54, 1.807) is 32.3 Å². The van der Waals surface area contributed by atoms with Crippen LogP contribution >= 0.6 is 24.0 Å². The average molecular weight is 374 g/mol. The van der Waals surface area contributed by atoms with Gasteiger partial charge in [0.05, 0.1) is 10.6 Å². The number of piperidine rings is 1. The summed E-state index contributed by atoms with van der Waals surface area (Å²) in [5, 5.41) is 6.57. The van der Waals surface area contributed by atoms with Crippen LogP contribution in [-0.2, 0) is 4.79 Å². The van der Waals surface area contributed by atoms with Crippen molar-refractivity contribution in [2.75, 3.05) is 32.5 Å². The number of carbonyl (C=O) groups excluding carboxylic acids is 2. The highest BCUT2D eigenvalue weighted by Crippen LogP contribution is 2.23. The number of carbonyl (C=O) groups is 2. The van der Waals surface area contributed by atoms with Gasteiger partial charge in [0.1, 0.15) is 0 Å². The summed E-state index contributed by atoms with van der Waals surface area (Å²) in [6, 6.07) is 4.99. The molecule has 0 spiro atoms. The minimum Gasteiger partial charge on any atom is -0.345 e. The van der Waals surface area contributed by atoms with Gasteiger partial charge in [0.25, 0.3) is 5.91 Å². The second-order valence-electron chi connectivity index (χ2n) is 6.17. The number of hydrogen-bond acceptors (Lipinski definition) is 3. The van der Waals surface area contributed by atoms with Crippen molar-refractivity contribution in [2.24, 2.45) is 5.92 Å². The van der Waals surface area contributed by atoms with E-state index < -0.39 is 0 Å². The maximum Gasteiger partial charge on any atom is 0.254 e. The lowest BCUT2D eigenvalue weighted by Crippen LogP contribution is -2.28. The summed E-state index contributed by atoms with van der Waals surface area (Å²) in [6.45, 7) is 2.08. The maximum atomic E-state index is 12.1. The number of hydrogen-bond donors (Lipinski definition) is 2. The highest BCUT2D eigenvalue weighted by Gasteiger charge is 2.16. The standard InChI is InChI=1S/C17H24ClN3O2.ClH/c1-21(2)17(23)14-11-13(4-5-15(14)18)20-16(22)6-3-12-7-9-19-10-8-12;/h4-5,11-12,19H,3,6-10H2,1-2H3,(H,20,22);1H. The van der Waals surface area contributed by atoms with E-state index in [4.69, 9.17) is 11.6 Å². The molecule has 1 aromatic carbocycles. The molecule has 0 aromatic heterocycles. The summed E-state index contributed by atoms with van der Waals surface area (Å²) in [7, 11) is 3.34. The predicted octanol–water partition coefficient (Wildman–Crippen LogP) is 3.18. The molecule has 1 fully saturated rings.